The van der Waals surface area contributed by atoms with Crippen molar-refractivity contribution < 1.29 is 9.47 Å². The largest absolute Gasteiger partial charge is 0.454 e. The molecule has 0 bridgehead atoms. The van der Waals surface area contributed by atoms with Crippen LogP contribution in [0, 0.1) is 0 Å². The highest BCUT2D eigenvalue weighted by Gasteiger charge is 2.19. The number of fused-ring (bicyclic) bond motifs is 2. The van der Waals surface area contributed by atoms with E-state index < -0.39 is 0 Å². The number of hydrogen-bond acceptors (Lipinski definition) is 5. The van der Waals surface area contributed by atoms with Gasteiger partial charge in [0.25, 0.3) is 0 Å². The van der Waals surface area contributed by atoms with E-state index in [-0.39, 0.29) is 6.79 Å². The molecule has 124 valence electrons. The molecule has 5 rings (SSSR count). The van der Waals surface area contributed by atoms with Crippen LogP contribution in [0.3, 0.4) is 0 Å². The predicted molar refractivity (Wildman–Crippen MR) is 94.8 cm³/mol. The summed E-state index contributed by atoms with van der Waals surface area (Å²) >= 11 is 0. The highest BCUT2D eigenvalue weighted by molar-refractivity contribution is 5.65. The Morgan fingerprint density at radius 2 is 1.80 bits per heavy atom. The summed E-state index contributed by atoms with van der Waals surface area (Å²) in [6.45, 7) is 2.06. The van der Waals surface area contributed by atoms with Crippen LogP contribution in [0.4, 0.5) is 5.95 Å². The Hall–Kier alpha value is -3.08. The van der Waals surface area contributed by atoms with Crippen LogP contribution in [0.25, 0.3) is 11.3 Å². The fourth-order valence-electron chi connectivity index (χ4n) is 3.38. The molecule has 3 aromatic rings. The van der Waals surface area contributed by atoms with Gasteiger partial charge in [0.2, 0.25) is 12.7 Å². The summed E-state index contributed by atoms with van der Waals surface area (Å²) in [7, 11) is 0. The van der Waals surface area contributed by atoms with E-state index >= 15 is 0 Å². The summed E-state index contributed by atoms with van der Waals surface area (Å²) in [5.41, 5.74) is 4.67. The molecule has 5 heteroatoms. The second-order valence-corrected chi connectivity index (χ2v) is 6.25. The quantitative estimate of drug-likeness (QED) is 0.720. The van der Waals surface area contributed by atoms with E-state index in [2.05, 4.69) is 34.1 Å². The fraction of sp³-hybridized carbons (Fsp3) is 0.200. The van der Waals surface area contributed by atoms with Crippen LogP contribution in [-0.2, 0) is 13.0 Å². The highest BCUT2D eigenvalue weighted by atomic mass is 16.7. The van der Waals surface area contributed by atoms with E-state index in [0.29, 0.717) is 0 Å². The van der Waals surface area contributed by atoms with Crippen molar-refractivity contribution in [1.82, 2.24) is 9.97 Å². The Labute approximate surface area is 145 Å². The maximum atomic E-state index is 5.47. The minimum atomic E-state index is 0.279. The van der Waals surface area contributed by atoms with Crippen molar-refractivity contribution in [3.8, 4) is 22.8 Å². The molecule has 2 aromatic carbocycles. The number of anilines is 1. The number of ether oxygens (including phenoxy) is 2. The maximum Gasteiger partial charge on any atom is 0.231 e. The van der Waals surface area contributed by atoms with E-state index in [1.165, 1.54) is 11.1 Å². The lowest BCUT2D eigenvalue weighted by atomic mass is 10.0. The first-order chi connectivity index (χ1) is 12.4. The summed E-state index contributed by atoms with van der Waals surface area (Å²) in [6.07, 6.45) is 2.84. The molecule has 25 heavy (non-hydrogen) atoms. The molecule has 0 unspecified atom stereocenters. The molecule has 0 amide bonds. The first-order valence-corrected chi connectivity index (χ1v) is 8.42. The van der Waals surface area contributed by atoms with Crippen LogP contribution >= 0.6 is 0 Å². The van der Waals surface area contributed by atoms with E-state index in [4.69, 9.17) is 14.5 Å². The van der Waals surface area contributed by atoms with E-state index in [1.54, 1.807) is 0 Å². The molecule has 0 spiro atoms. The normalized spacial score (nSPS) is 15.1. The number of benzene rings is 2. The van der Waals surface area contributed by atoms with Crippen molar-refractivity contribution in [2.24, 2.45) is 0 Å². The molecule has 0 saturated carbocycles. The number of rotatable bonds is 2. The smallest absolute Gasteiger partial charge is 0.231 e. The summed E-state index contributed by atoms with van der Waals surface area (Å²) in [6, 6.07) is 16.4. The molecule has 0 N–H and O–H groups in total. The second kappa shape index (κ2) is 5.77. The van der Waals surface area contributed by atoms with Crippen LogP contribution in [0.1, 0.15) is 11.1 Å². The van der Waals surface area contributed by atoms with Crippen molar-refractivity contribution in [2.45, 2.75) is 13.0 Å². The van der Waals surface area contributed by atoms with Gasteiger partial charge in [-0.05, 0) is 41.8 Å². The Morgan fingerprint density at radius 3 is 2.76 bits per heavy atom. The van der Waals surface area contributed by atoms with E-state index in [1.807, 2.05) is 30.5 Å². The number of aromatic nitrogens is 2. The van der Waals surface area contributed by atoms with Crippen molar-refractivity contribution in [2.75, 3.05) is 18.2 Å². The van der Waals surface area contributed by atoms with Crippen LogP contribution in [0.15, 0.2) is 54.7 Å². The van der Waals surface area contributed by atoms with Gasteiger partial charge in [-0.1, -0.05) is 24.3 Å². The van der Waals surface area contributed by atoms with Crippen LogP contribution in [-0.4, -0.2) is 23.3 Å². The zero-order valence-electron chi connectivity index (χ0n) is 13.7. The monoisotopic (exact) mass is 331 g/mol. The highest BCUT2D eigenvalue weighted by Crippen LogP contribution is 2.35. The molecule has 0 aliphatic carbocycles. The fourth-order valence-corrected chi connectivity index (χ4v) is 3.38. The second-order valence-electron chi connectivity index (χ2n) is 6.25. The Kier molecular flexibility index (Phi) is 3.30. The Bertz CT molecular complexity index is 942. The molecule has 3 heterocycles. The van der Waals surface area contributed by atoms with Crippen molar-refractivity contribution in [3.05, 3.63) is 65.9 Å². The third kappa shape index (κ3) is 2.58. The molecule has 1 aromatic heterocycles. The Morgan fingerprint density at radius 1 is 0.920 bits per heavy atom. The van der Waals surface area contributed by atoms with Gasteiger partial charge >= 0.3 is 0 Å². The van der Waals surface area contributed by atoms with Gasteiger partial charge in [0, 0.05) is 24.8 Å². The summed E-state index contributed by atoms with van der Waals surface area (Å²) in [5, 5.41) is 0. The summed E-state index contributed by atoms with van der Waals surface area (Å²) < 4.78 is 10.8. The average Bonchev–Trinajstić information content (AvgIpc) is 3.15. The van der Waals surface area contributed by atoms with Gasteiger partial charge in [0.1, 0.15) is 0 Å². The third-order valence-corrected chi connectivity index (χ3v) is 4.72. The topological polar surface area (TPSA) is 47.5 Å². The molecule has 0 fully saturated rings. The molecule has 0 atom stereocenters. The van der Waals surface area contributed by atoms with Gasteiger partial charge in [-0.3, -0.25) is 0 Å². The minimum Gasteiger partial charge on any atom is -0.454 e. The standard InChI is InChI=1S/C20H17N3O2/c1-2-4-16-12-23(10-8-14(16)3-1)20-21-9-7-17(22-20)15-5-6-18-19(11-15)25-13-24-18/h1-7,9,11H,8,10,12-13H2. The van der Waals surface area contributed by atoms with Crippen LogP contribution in [0.2, 0.25) is 0 Å². The van der Waals surface area contributed by atoms with Gasteiger partial charge in [-0.15, -0.1) is 0 Å². The van der Waals surface area contributed by atoms with Crippen molar-refractivity contribution >= 4 is 5.95 Å². The minimum absolute atomic E-state index is 0.279. The lowest BCUT2D eigenvalue weighted by Crippen LogP contribution is -2.31. The van der Waals surface area contributed by atoms with Crippen molar-refractivity contribution in [1.29, 1.82) is 0 Å². The third-order valence-electron chi connectivity index (χ3n) is 4.72. The number of hydrogen-bond donors (Lipinski definition) is 0. The van der Waals surface area contributed by atoms with Gasteiger partial charge in [0.05, 0.1) is 5.69 Å². The SMILES string of the molecule is c1ccc2c(c1)CCN(c1nccc(-c3ccc4c(c3)OCO4)n1)C2. The van der Waals surface area contributed by atoms with Gasteiger partial charge < -0.3 is 14.4 Å². The lowest BCUT2D eigenvalue weighted by molar-refractivity contribution is 0.174. The molecule has 0 radical (unpaired) electrons. The zero-order valence-corrected chi connectivity index (χ0v) is 13.7. The molecule has 2 aliphatic heterocycles. The average molecular weight is 331 g/mol. The maximum absolute atomic E-state index is 5.47. The first-order valence-electron chi connectivity index (χ1n) is 8.42. The lowest BCUT2D eigenvalue weighted by Gasteiger charge is -2.28. The van der Waals surface area contributed by atoms with E-state index in [9.17, 15) is 0 Å². The number of nitrogens with zero attached hydrogens (tertiary/aromatic N) is 3. The molecular weight excluding hydrogens is 314 g/mol. The van der Waals surface area contributed by atoms with Crippen molar-refractivity contribution in [3.63, 3.8) is 0 Å². The Balaban J connectivity index is 1.46. The van der Waals surface area contributed by atoms with Gasteiger partial charge in [0.15, 0.2) is 11.5 Å². The molecule has 0 saturated heterocycles. The first kappa shape index (κ1) is 14.3. The van der Waals surface area contributed by atoms with Gasteiger partial charge in [-0.2, -0.15) is 0 Å². The molecule has 5 nitrogen and oxygen atoms in total. The molecular formula is C20H17N3O2. The summed E-state index contributed by atoms with van der Waals surface area (Å²) in [5.74, 6) is 2.32. The predicted octanol–water partition coefficient (Wildman–Crippen LogP) is 3.44. The van der Waals surface area contributed by atoms with E-state index in [0.717, 1.165) is 48.2 Å². The molecule has 2 aliphatic rings. The van der Waals surface area contributed by atoms with Crippen LogP contribution < -0.4 is 14.4 Å². The zero-order chi connectivity index (χ0) is 16.6. The van der Waals surface area contributed by atoms with Crippen LogP contribution in [0.5, 0.6) is 11.5 Å². The van der Waals surface area contributed by atoms with Gasteiger partial charge in [-0.25, -0.2) is 9.97 Å². The summed E-state index contributed by atoms with van der Waals surface area (Å²) in [4.78, 5) is 11.5.